The number of hydrogen-bond donors (Lipinski definition) is 12. The first-order chi connectivity index (χ1) is 32.6. The molecule has 3 heterocycles. The van der Waals surface area contributed by atoms with Gasteiger partial charge in [0.05, 0.1) is 30.8 Å². The number of rotatable bonds is 14. The molecule has 2 saturated heterocycles. The number of carboxylic acids is 1. The number of benzene rings is 2. The lowest BCUT2D eigenvalue weighted by molar-refractivity contribution is -0.143. The largest absolute Gasteiger partial charge is 0.480 e. The van der Waals surface area contributed by atoms with Crippen molar-refractivity contribution in [3.63, 3.8) is 0 Å². The van der Waals surface area contributed by atoms with Gasteiger partial charge in [-0.25, -0.2) is 4.99 Å². The third-order valence-corrected chi connectivity index (χ3v) is 13.0. The molecule has 0 spiro atoms. The molecule has 2 aliphatic heterocycles. The highest BCUT2D eigenvalue weighted by Gasteiger charge is 2.44. The van der Waals surface area contributed by atoms with E-state index in [9.17, 15) is 48.9 Å². The molecule has 1 aromatic heterocycles. The van der Waals surface area contributed by atoms with Crippen molar-refractivity contribution in [2.75, 3.05) is 19.6 Å². The Hall–Kier alpha value is -6.58. The second-order valence-electron chi connectivity index (χ2n) is 18.0. The number of H-pyrrole nitrogens is 1. The van der Waals surface area contributed by atoms with Crippen LogP contribution in [0.3, 0.4) is 0 Å². The molecule has 3 fully saturated rings. The smallest absolute Gasteiger partial charge is 0.317 e. The Labute approximate surface area is 394 Å². The highest BCUT2D eigenvalue weighted by atomic mass is 16.4. The molecular formula is C47H65N11O10. The number of aromatic amines is 1. The molecule has 68 heavy (non-hydrogen) atoms. The van der Waals surface area contributed by atoms with Gasteiger partial charge in [0.2, 0.25) is 35.4 Å². The summed E-state index contributed by atoms with van der Waals surface area (Å²) in [5.74, 6) is -5.95. The average Bonchev–Trinajstić information content (AvgIpc) is 3.92. The van der Waals surface area contributed by atoms with Crippen LogP contribution in [0.2, 0.25) is 0 Å². The van der Waals surface area contributed by atoms with Gasteiger partial charge in [-0.1, -0.05) is 55.5 Å². The zero-order valence-electron chi connectivity index (χ0n) is 38.2. The summed E-state index contributed by atoms with van der Waals surface area (Å²) in [6.45, 7) is 0.810. The molecule has 1 unspecified atom stereocenters. The van der Waals surface area contributed by atoms with Crippen molar-refractivity contribution < 1.29 is 48.9 Å². The predicted octanol–water partition coefficient (Wildman–Crippen LogP) is -1.20. The van der Waals surface area contributed by atoms with E-state index < -0.39 is 102 Å². The molecule has 21 heteroatoms. The molecule has 0 radical (unpaired) electrons. The molecule has 368 valence electrons. The van der Waals surface area contributed by atoms with Crippen LogP contribution < -0.4 is 43.4 Å². The summed E-state index contributed by atoms with van der Waals surface area (Å²) in [6.07, 6.45) is 2.32. The Morgan fingerprint density at radius 2 is 1.54 bits per heavy atom. The maximum absolute atomic E-state index is 14.7. The third-order valence-electron chi connectivity index (χ3n) is 13.0. The number of nitrogens with one attached hydrogen (secondary N) is 7. The van der Waals surface area contributed by atoms with Crippen molar-refractivity contribution in [2.24, 2.45) is 22.4 Å². The van der Waals surface area contributed by atoms with Crippen LogP contribution >= 0.6 is 0 Å². The summed E-state index contributed by atoms with van der Waals surface area (Å²) < 4.78 is 0. The minimum Gasteiger partial charge on any atom is -0.480 e. The van der Waals surface area contributed by atoms with Crippen molar-refractivity contribution in [2.45, 2.75) is 132 Å². The Kier molecular flexibility index (Phi) is 17.9. The minimum absolute atomic E-state index is 0.0342. The standard InChI is InChI=1S/C47H65N11O10/c1-2-32(56-47(48)49)40-45(67)50-18-8-13-34(53-41(63)35(52-24-39(61)62)19-26-9-4-3-5-10-26)46(68)58-25-30(60)22-38(58)44(66)55-36(20-27-14-16-29(59)17-15-27)42(64)54-37(43(65)57-40)21-28-23-51-33-12-7-6-11-31(28)33/h3-7,9-12,23,27,29-30,32,34-38,40,51-52,59-60H,2,8,13-22,24-25H2,1H3,(H,50,67)(H,53,63)(H,54,64)(H,55,66)(H,57,65)(H,61,62)(H4,48,49,56)/t27?,29?,30-,32?,34+,35+,36-,37+,38+,40+/m1/s1. The molecule has 8 atom stereocenters. The van der Waals surface area contributed by atoms with Gasteiger partial charge in [0.25, 0.3) is 0 Å². The Bertz CT molecular complexity index is 2280. The van der Waals surface area contributed by atoms with Crippen LogP contribution in [0.4, 0.5) is 0 Å². The summed E-state index contributed by atoms with van der Waals surface area (Å²) in [6, 6.07) is 7.68. The summed E-state index contributed by atoms with van der Waals surface area (Å²) in [7, 11) is 0. The Balaban J connectivity index is 1.36. The average molecular weight is 944 g/mol. The van der Waals surface area contributed by atoms with Gasteiger partial charge in [0.1, 0.15) is 30.2 Å². The monoisotopic (exact) mass is 943 g/mol. The number of aliphatic hydroxyl groups is 2. The minimum atomic E-state index is -1.36. The lowest BCUT2D eigenvalue weighted by atomic mass is 9.83. The van der Waals surface area contributed by atoms with E-state index in [0.29, 0.717) is 36.8 Å². The van der Waals surface area contributed by atoms with Crippen LogP contribution in [0.15, 0.2) is 65.8 Å². The maximum Gasteiger partial charge on any atom is 0.317 e. The van der Waals surface area contributed by atoms with E-state index >= 15 is 0 Å². The van der Waals surface area contributed by atoms with E-state index in [2.05, 4.69) is 41.9 Å². The maximum atomic E-state index is 14.7. The third kappa shape index (κ3) is 13.8. The van der Waals surface area contributed by atoms with Gasteiger partial charge in [0, 0.05) is 43.0 Å². The number of aliphatic imine (C=N–C) groups is 1. The normalized spacial score (nSPS) is 26.5. The molecule has 1 saturated carbocycles. The number of nitrogens with two attached hydrogens (primary N) is 2. The molecular weight excluding hydrogens is 879 g/mol. The summed E-state index contributed by atoms with van der Waals surface area (Å²) in [4.78, 5) is 107. The van der Waals surface area contributed by atoms with E-state index in [1.165, 1.54) is 4.90 Å². The number of fused-ring (bicyclic) bond motifs is 2. The first-order valence-electron chi connectivity index (χ1n) is 23.4. The number of aromatic nitrogens is 1. The van der Waals surface area contributed by atoms with Gasteiger partial charge in [0.15, 0.2) is 5.96 Å². The lowest BCUT2D eigenvalue weighted by Crippen LogP contribution is -2.61. The summed E-state index contributed by atoms with van der Waals surface area (Å²) in [5, 5.41) is 48.3. The number of amides is 6. The van der Waals surface area contributed by atoms with Crippen LogP contribution in [0.5, 0.6) is 0 Å². The SMILES string of the molecule is CCC(N=C(N)N)[C@@H]1NC(=O)[C@H](Cc2c[nH]c3ccccc23)NC(=O)[C@@H](CC2CCC(O)CC2)NC(=O)[C@@H]2C[C@@H](O)CN2C(=O)[C@@H](NC(=O)[C@H](Cc2ccccc2)NCC(=O)O)CCCNC1=O. The number of carboxylic acid groups (broad SMARTS) is 1. The molecule has 14 N–H and O–H groups in total. The van der Waals surface area contributed by atoms with E-state index in [-0.39, 0.29) is 69.9 Å². The summed E-state index contributed by atoms with van der Waals surface area (Å²) >= 11 is 0. The molecule has 2 aromatic carbocycles. The van der Waals surface area contributed by atoms with Crippen LogP contribution in [-0.4, -0.2) is 147 Å². The molecule has 21 nitrogen and oxygen atoms in total. The topological polar surface area (TPSA) is 336 Å². The first kappa shape index (κ1) is 50.8. The molecule has 1 aliphatic carbocycles. The number of carbonyl (C=O) groups is 7. The number of carbonyl (C=O) groups excluding carboxylic acids is 6. The molecule has 3 aromatic rings. The van der Waals surface area contributed by atoms with Crippen LogP contribution in [0.25, 0.3) is 10.9 Å². The van der Waals surface area contributed by atoms with E-state index in [4.69, 9.17) is 11.5 Å². The number of para-hydroxylation sites is 1. The Morgan fingerprint density at radius 1 is 0.853 bits per heavy atom. The van der Waals surface area contributed by atoms with E-state index in [0.717, 1.165) is 10.9 Å². The second-order valence-corrected chi connectivity index (χ2v) is 18.0. The lowest BCUT2D eigenvalue weighted by Gasteiger charge is -2.33. The fourth-order valence-corrected chi connectivity index (χ4v) is 9.38. The van der Waals surface area contributed by atoms with E-state index in [1.807, 2.05) is 24.3 Å². The van der Waals surface area contributed by atoms with Crippen molar-refractivity contribution in [3.8, 4) is 0 Å². The van der Waals surface area contributed by atoms with Gasteiger partial charge in [-0.05, 0) is 80.9 Å². The van der Waals surface area contributed by atoms with Gasteiger partial charge in [-0.3, -0.25) is 38.9 Å². The summed E-state index contributed by atoms with van der Waals surface area (Å²) in [5.41, 5.74) is 13.8. The van der Waals surface area contributed by atoms with Crippen molar-refractivity contribution in [1.82, 2.24) is 41.8 Å². The van der Waals surface area contributed by atoms with Gasteiger partial charge in [-0.2, -0.15) is 0 Å². The highest BCUT2D eigenvalue weighted by Crippen LogP contribution is 2.29. The van der Waals surface area contributed by atoms with Gasteiger partial charge >= 0.3 is 5.97 Å². The van der Waals surface area contributed by atoms with Crippen molar-refractivity contribution in [3.05, 3.63) is 71.9 Å². The van der Waals surface area contributed by atoms with Crippen LogP contribution in [0, 0.1) is 5.92 Å². The highest BCUT2D eigenvalue weighted by molar-refractivity contribution is 5.98. The molecule has 3 aliphatic rings. The first-order valence-corrected chi connectivity index (χ1v) is 23.4. The zero-order valence-corrected chi connectivity index (χ0v) is 38.2. The number of nitrogens with zero attached hydrogens (tertiary/aromatic N) is 2. The van der Waals surface area contributed by atoms with Crippen molar-refractivity contribution >= 4 is 58.3 Å². The number of aliphatic carboxylic acids is 1. The second kappa shape index (κ2) is 23.9. The fourth-order valence-electron chi connectivity index (χ4n) is 9.38. The van der Waals surface area contributed by atoms with Gasteiger partial charge in [-0.15, -0.1) is 0 Å². The fraction of sp³-hybridized carbons (Fsp3) is 0.532. The number of hydrogen-bond acceptors (Lipinski definition) is 11. The van der Waals surface area contributed by atoms with Gasteiger partial charge < -0.3 is 63.3 Å². The molecule has 0 bridgehead atoms. The Morgan fingerprint density at radius 3 is 2.25 bits per heavy atom. The number of guanidine groups is 1. The quantitative estimate of drug-likeness (QED) is 0.0669. The molecule has 6 amide bonds. The van der Waals surface area contributed by atoms with E-state index in [1.54, 1.807) is 43.5 Å². The number of aliphatic hydroxyl groups excluding tert-OH is 2. The van der Waals surface area contributed by atoms with Crippen LogP contribution in [-0.2, 0) is 46.4 Å². The van der Waals surface area contributed by atoms with Crippen molar-refractivity contribution in [1.29, 1.82) is 0 Å². The predicted molar refractivity (Wildman–Crippen MR) is 250 cm³/mol. The molecule has 6 rings (SSSR count). The van der Waals surface area contributed by atoms with Crippen LogP contribution in [0.1, 0.15) is 75.8 Å². The zero-order chi connectivity index (χ0) is 48.9.